The van der Waals surface area contributed by atoms with Crippen molar-refractivity contribution in [2.75, 3.05) is 20.2 Å². The first-order valence-electron chi connectivity index (χ1n) is 5.30. The van der Waals surface area contributed by atoms with Gasteiger partial charge in [0, 0.05) is 13.6 Å². The molecule has 0 saturated carbocycles. The SMILES string of the molecule is CN(CCO)C(=O)C(N)Cc1ccccc1. The van der Waals surface area contributed by atoms with Crippen molar-refractivity contribution in [1.82, 2.24) is 4.90 Å². The van der Waals surface area contributed by atoms with Crippen LogP contribution in [-0.2, 0) is 11.2 Å². The lowest BCUT2D eigenvalue weighted by molar-refractivity contribution is -0.131. The number of nitrogens with zero attached hydrogens (tertiary/aromatic N) is 1. The summed E-state index contributed by atoms with van der Waals surface area (Å²) in [6, 6.07) is 9.11. The first kappa shape index (κ1) is 12.7. The number of benzene rings is 1. The highest BCUT2D eigenvalue weighted by atomic mass is 16.3. The minimum atomic E-state index is -0.543. The molecule has 1 rings (SSSR count). The fraction of sp³-hybridized carbons (Fsp3) is 0.417. The van der Waals surface area contributed by atoms with Gasteiger partial charge in [0.2, 0.25) is 5.91 Å². The summed E-state index contributed by atoms with van der Waals surface area (Å²) in [5.74, 6) is -0.141. The van der Waals surface area contributed by atoms with E-state index in [1.54, 1.807) is 7.05 Å². The van der Waals surface area contributed by atoms with Gasteiger partial charge in [-0.25, -0.2) is 0 Å². The number of carbonyl (C=O) groups excluding carboxylic acids is 1. The molecule has 1 aromatic rings. The molecule has 1 unspecified atom stereocenters. The number of nitrogens with two attached hydrogens (primary N) is 1. The number of rotatable bonds is 5. The van der Waals surface area contributed by atoms with Gasteiger partial charge in [0.05, 0.1) is 12.6 Å². The number of likely N-dealkylation sites (N-methyl/N-ethyl adjacent to an activating group) is 1. The predicted octanol–water partition coefficient (Wildman–Crippen LogP) is 0.00710. The van der Waals surface area contributed by atoms with Gasteiger partial charge in [-0.3, -0.25) is 4.79 Å². The van der Waals surface area contributed by atoms with Gasteiger partial charge in [0.25, 0.3) is 0 Å². The molecule has 4 nitrogen and oxygen atoms in total. The van der Waals surface area contributed by atoms with Crippen LogP contribution in [0.3, 0.4) is 0 Å². The lowest BCUT2D eigenvalue weighted by Gasteiger charge is -2.20. The van der Waals surface area contributed by atoms with E-state index in [2.05, 4.69) is 0 Å². The smallest absolute Gasteiger partial charge is 0.239 e. The van der Waals surface area contributed by atoms with Crippen LogP contribution in [0.4, 0.5) is 0 Å². The Labute approximate surface area is 95.7 Å². The Morgan fingerprint density at radius 1 is 1.44 bits per heavy atom. The van der Waals surface area contributed by atoms with Gasteiger partial charge in [-0.1, -0.05) is 30.3 Å². The summed E-state index contributed by atoms with van der Waals surface area (Å²) < 4.78 is 0. The first-order valence-corrected chi connectivity index (χ1v) is 5.30. The Morgan fingerprint density at radius 2 is 2.06 bits per heavy atom. The minimum absolute atomic E-state index is 0.0414. The van der Waals surface area contributed by atoms with Crippen LogP contribution in [0.25, 0.3) is 0 Å². The summed E-state index contributed by atoms with van der Waals surface area (Å²) in [4.78, 5) is 13.2. The van der Waals surface area contributed by atoms with E-state index in [1.807, 2.05) is 30.3 Å². The molecular weight excluding hydrogens is 204 g/mol. The van der Waals surface area contributed by atoms with Crippen LogP contribution in [0.15, 0.2) is 30.3 Å². The fourth-order valence-corrected chi connectivity index (χ4v) is 1.50. The Balaban J connectivity index is 2.52. The van der Waals surface area contributed by atoms with E-state index >= 15 is 0 Å². The molecular formula is C12H18N2O2. The number of hydrogen-bond acceptors (Lipinski definition) is 3. The standard InChI is InChI=1S/C12H18N2O2/c1-14(7-8-15)12(16)11(13)9-10-5-3-2-4-6-10/h2-6,11,15H,7-9,13H2,1H3. The van der Waals surface area contributed by atoms with E-state index in [0.717, 1.165) is 5.56 Å². The van der Waals surface area contributed by atoms with Crippen LogP contribution in [0, 0.1) is 0 Å². The summed E-state index contributed by atoms with van der Waals surface area (Å²) in [5, 5.41) is 8.72. The van der Waals surface area contributed by atoms with Crippen molar-refractivity contribution in [2.24, 2.45) is 5.73 Å². The van der Waals surface area contributed by atoms with E-state index < -0.39 is 6.04 Å². The van der Waals surface area contributed by atoms with Crippen LogP contribution >= 0.6 is 0 Å². The second kappa shape index (κ2) is 6.25. The highest BCUT2D eigenvalue weighted by molar-refractivity contribution is 5.81. The maximum Gasteiger partial charge on any atom is 0.239 e. The van der Waals surface area contributed by atoms with Crippen LogP contribution in [0.1, 0.15) is 5.56 Å². The van der Waals surface area contributed by atoms with Crippen LogP contribution in [0.5, 0.6) is 0 Å². The first-order chi connectivity index (χ1) is 7.65. The number of hydrogen-bond donors (Lipinski definition) is 2. The van der Waals surface area contributed by atoms with Crippen molar-refractivity contribution >= 4 is 5.91 Å². The Hall–Kier alpha value is -1.39. The molecule has 1 atom stereocenters. The third-order valence-electron chi connectivity index (χ3n) is 2.43. The van der Waals surface area contributed by atoms with Crippen molar-refractivity contribution < 1.29 is 9.90 Å². The number of aliphatic hydroxyl groups excluding tert-OH is 1. The predicted molar refractivity (Wildman–Crippen MR) is 62.8 cm³/mol. The lowest BCUT2D eigenvalue weighted by Crippen LogP contribution is -2.44. The maximum atomic E-state index is 11.7. The van der Waals surface area contributed by atoms with E-state index in [-0.39, 0.29) is 12.5 Å². The molecule has 4 heteroatoms. The second-order valence-corrected chi connectivity index (χ2v) is 3.78. The second-order valence-electron chi connectivity index (χ2n) is 3.78. The van der Waals surface area contributed by atoms with Gasteiger partial charge in [0.1, 0.15) is 0 Å². The van der Waals surface area contributed by atoms with E-state index in [1.165, 1.54) is 4.90 Å². The van der Waals surface area contributed by atoms with Crippen molar-refractivity contribution in [3.63, 3.8) is 0 Å². The molecule has 0 aliphatic carbocycles. The third-order valence-corrected chi connectivity index (χ3v) is 2.43. The van der Waals surface area contributed by atoms with Crippen molar-refractivity contribution in [3.8, 4) is 0 Å². The molecule has 1 aromatic carbocycles. The zero-order chi connectivity index (χ0) is 12.0. The quantitative estimate of drug-likeness (QED) is 0.737. The number of amides is 1. The average molecular weight is 222 g/mol. The van der Waals surface area contributed by atoms with E-state index in [0.29, 0.717) is 13.0 Å². The van der Waals surface area contributed by atoms with Crippen molar-refractivity contribution in [1.29, 1.82) is 0 Å². The zero-order valence-corrected chi connectivity index (χ0v) is 9.47. The molecule has 0 fully saturated rings. The van der Waals surface area contributed by atoms with E-state index in [4.69, 9.17) is 10.8 Å². The minimum Gasteiger partial charge on any atom is -0.395 e. The maximum absolute atomic E-state index is 11.7. The summed E-state index contributed by atoms with van der Waals surface area (Å²) in [5.41, 5.74) is 6.85. The molecule has 0 aliphatic rings. The molecule has 0 spiro atoms. The third kappa shape index (κ3) is 3.64. The van der Waals surface area contributed by atoms with Crippen molar-refractivity contribution in [3.05, 3.63) is 35.9 Å². The van der Waals surface area contributed by atoms with Gasteiger partial charge in [-0.2, -0.15) is 0 Å². The molecule has 0 saturated heterocycles. The van der Waals surface area contributed by atoms with Gasteiger partial charge < -0.3 is 15.7 Å². The van der Waals surface area contributed by atoms with Gasteiger partial charge in [0.15, 0.2) is 0 Å². The molecule has 0 heterocycles. The zero-order valence-electron chi connectivity index (χ0n) is 9.47. The fourth-order valence-electron chi connectivity index (χ4n) is 1.50. The highest BCUT2D eigenvalue weighted by Gasteiger charge is 2.17. The largest absolute Gasteiger partial charge is 0.395 e. The molecule has 16 heavy (non-hydrogen) atoms. The Morgan fingerprint density at radius 3 is 2.62 bits per heavy atom. The van der Waals surface area contributed by atoms with Gasteiger partial charge in [-0.15, -0.1) is 0 Å². The monoisotopic (exact) mass is 222 g/mol. The summed E-state index contributed by atoms with van der Waals surface area (Å²) in [6.07, 6.45) is 0.523. The number of carbonyl (C=O) groups is 1. The topological polar surface area (TPSA) is 66.6 Å². The lowest BCUT2D eigenvalue weighted by atomic mass is 10.1. The Bertz CT molecular complexity index is 327. The van der Waals surface area contributed by atoms with Crippen LogP contribution in [0.2, 0.25) is 0 Å². The molecule has 0 bridgehead atoms. The van der Waals surface area contributed by atoms with Crippen molar-refractivity contribution in [2.45, 2.75) is 12.5 Å². The molecule has 88 valence electrons. The molecule has 1 amide bonds. The summed E-state index contributed by atoms with van der Waals surface area (Å²) in [6.45, 7) is 0.279. The Kier molecular flexibility index (Phi) is 4.95. The molecule has 0 radical (unpaired) electrons. The summed E-state index contributed by atoms with van der Waals surface area (Å²) in [7, 11) is 1.64. The molecule has 3 N–H and O–H groups in total. The number of aliphatic hydroxyl groups is 1. The van der Waals surface area contributed by atoms with E-state index in [9.17, 15) is 4.79 Å². The molecule has 0 aliphatic heterocycles. The van der Waals surface area contributed by atoms with Gasteiger partial charge in [-0.05, 0) is 12.0 Å². The average Bonchev–Trinajstić information content (AvgIpc) is 2.29. The molecule has 0 aromatic heterocycles. The highest BCUT2D eigenvalue weighted by Crippen LogP contribution is 2.03. The summed E-state index contributed by atoms with van der Waals surface area (Å²) >= 11 is 0. The van der Waals surface area contributed by atoms with Crippen LogP contribution < -0.4 is 5.73 Å². The normalized spacial score (nSPS) is 12.2. The van der Waals surface area contributed by atoms with Gasteiger partial charge >= 0.3 is 0 Å². The van der Waals surface area contributed by atoms with Crippen LogP contribution in [-0.4, -0.2) is 42.2 Å².